The van der Waals surface area contributed by atoms with Crippen LogP contribution in [-0.4, -0.2) is 42.0 Å². The summed E-state index contributed by atoms with van der Waals surface area (Å²) in [4.78, 5) is 20.6. The Balaban J connectivity index is -0.000000188. The van der Waals surface area contributed by atoms with Gasteiger partial charge in [0.15, 0.2) is 0 Å². The van der Waals surface area contributed by atoms with E-state index in [4.69, 9.17) is 9.90 Å². The molecule has 0 saturated carbocycles. The number of primary amides is 1. The van der Waals surface area contributed by atoms with Crippen molar-refractivity contribution in [3.05, 3.63) is 38.0 Å². The first-order valence-corrected chi connectivity index (χ1v) is 4.83. The molecule has 98 valence electrons. The molecule has 1 amide bonds. The summed E-state index contributed by atoms with van der Waals surface area (Å²) in [5.74, 6) is -1.31. The summed E-state index contributed by atoms with van der Waals surface area (Å²) in [7, 11) is 2.03. The summed E-state index contributed by atoms with van der Waals surface area (Å²) >= 11 is 0. The van der Waals surface area contributed by atoms with Crippen LogP contribution in [-0.2, 0) is 9.59 Å². The first kappa shape index (κ1) is 20.5. The number of hydrogen-bond donors (Lipinski definition) is 2. The molecular weight excluding hydrogens is 220 g/mol. The highest BCUT2D eigenvalue weighted by molar-refractivity contribution is 5.84. The summed E-state index contributed by atoms with van der Waals surface area (Å²) < 4.78 is 0. The van der Waals surface area contributed by atoms with Gasteiger partial charge in [-0.05, 0) is 13.1 Å². The molecule has 0 aliphatic rings. The van der Waals surface area contributed by atoms with E-state index in [1.165, 1.54) is 0 Å². The van der Waals surface area contributed by atoms with Crippen LogP contribution in [0.15, 0.2) is 38.0 Å². The molecule has 5 heteroatoms. The van der Waals surface area contributed by atoms with Crippen LogP contribution in [0.3, 0.4) is 0 Å². The van der Waals surface area contributed by atoms with Crippen LogP contribution in [0.25, 0.3) is 0 Å². The number of hydrogen-bond acceptors (Lipinski definition) is 3. The predicted octanol–water partition coefficient (Wildman–Crippen LogP) is 1.04. The highest BCUT2D eigenvalue weighted by atomic mass is 16.4. The molecule has 0 aliphatic carbocycles. The molecule has 0 unspecified atom stereocenters. The maximum absolute atomic E-state index is 9.47. The van der Waals surface area contributed by atoms with E-state index < -0.39 is 11.9 Å². The molecule has 0 rings (SSSR count). The second kappa shape index (κ2) is 16.5. The lowest BCUT2D eigenvalue weighted by atomic mass is 10.5. The zero-order chi connectivity index (χ0) is 14.3. The van der Waals surface area contributed by atoms with Gasteiger partial charge in [-0.15, -0.1) is 13.2 Å². The molecule has 17 heavy (non-hydrogen) atoms. The van der Waals surface area contributed by atoms with Gasteiger partial charge in [-0.3, -0.25) is 14.5 Å². The largest absolute Gasteiger partial charge is 0.481 e. The van der Waals surface area contributed by atoms with Gasteiger partial charge in [0.2, 0.25) is 5.91 Å². The third-order valence-corrected chi connectivity index (χ3v) is 1.08. The van der Waals surface area contributed by atoms with E-state index in [0.29, 0.717) is 0 Å². The van der Waals surface area contributed by atoms with Crippen molar-refractivity contribution >= 4 is 11.9 Å². The van der Waals surface area contributed by atoms with Crippen molar-refractivity contribution in [1.82, 2.24) is 4.90 Å². The maximum atomic E-state index is 9.47. The SMILES string of the molecule is C=CC(N)=O.C=CCN(C)CC=C.CC(=O)O. The molecule has 0 atom stereocenters. The van der Waals surface area contributed by atoms with E-state index in [9.17, 15) is 4.79 Å². The maximum Gasteiger partial charge on any atom is 0.300 e. The number of nitrogens with zero attached hydrogens (tertiary/aromatic N) is 1. The summed E-state index contributed by atoms with van der Waals surface area (Å²) in [6.07, 6.45) is 4.81. The van der Waals surface area contributed by atoms with Crippen molar-refractivity contribution in [2.45, 2.75) is 6.92 Å². The Hall–Kier alpha value is -1.88. The Kier molecular flexibility index (Phi) is 20.0. The molecule has 5 nitrogen and oxygen atoms in total. The van der Waals surface area contributed by atoms with Crippen molar-refractivity contribution < 1.29 is 14.7 Å². The summed E-state index contributed by atoms with van der Waals surface area (Å²) in [5, 5.41) is 7.42. The molecule has 0 fully saturated rings. The third kappa shape index (κ3) is 55.4. The monoisotopic (exact) mass is 242 g/mol. The summed E-state index contributed by atoms with van der Waals surface area (Å²) in [6.45, 7) is 13.3. The quantitative estimate of drug-likeness (QED) is 0.557. The molecule has 0 aromatic carbocycles. The molecule has 0 spiro atoms. The minimum absolute atomic E-state index is 0.481. The van der Waals surface area contributed by atoms with Crippen LogP contribution in [0, 0.1) is 0 Å². The lowest BCUT2D eigenvalue weighted by Crippen LogP contribution is -2.17. The Morgan fingerprint density at radius 2 is 1.47 bits per heavy atom. The minimum atomic E-state index is -0.833. The summed E-state index contributed by atoms with van der Waals surface area (Å²) in [6, 6.07) is 0. The van der Waals surface area contributed by atoms with Crippen molar-refractivity contribution in [2.75, 3.05) is 20.1 Å². The Morgan fingerprint density at radius 3 is 1.59 bits per heavy atom. The lowest BCUT2D eigenvalue weighted by molar-refractivity contribution is -0.134. The fraction of sp³-hybridized carbons (Fsp3) is 0.333. The number of nitrogens with two attached hydrogens (primary N) is 1. The first-order chi connectivity index (χ1) is 7.81. The smallest absolute Gasteiger partial charge is 0.300 e. The highest BCUT2D eigenvalue weighted by Crippen LogP contribution is 1.80. The molecular formula is C12H22N2O3. The molecule has 0 radical (unpaired) electrons. The molecule has 0 bridgehead atoms. The Bertz CT molecular complexity index is 236. The standard InChI is InChI=1S/C7H13N.C3H5NO.C2H4O2/c1-4-6-8(3)7-5-2;1-2-3(4)5;1-2(3)4/h4-5H,1-2,6-7H2,3H3;2H,1H2,(H2,4,5);1H3,(H,3,4). The van der Waals surface area contributed by atoms with Crippen molar-refractivity contribution in [1.29, 1.82) is 0 Å². The van der Waals surface area contributed by atoms with E-state index in [1.54, 1.807) is 0 Å². The second-order valence-electron chi connectivity index (χ2n) is 2.92. The lowest BCUT2D eigenvalue weighted by Gasteiger charge is -2.09. The van der Waals surface area contributed by atoms with E-state index in [-0.39, 0.29) is 0 Å². The van der Waals surface area contributed by atoms with E-state index in [2.05, 4.69) is 30.4 Å². The number of likely N-dealkylation sites (N-methyl/N-ethyl adjacent to an activating group) is 1. The van der Waals surface area contributed by atoms with Crippen LogP contribution < -0.4 is 5.73 Å². The van der Waals surface area contributed by atoms with Gasteiger partial charge in [0, 0.05) is 20.0 Å². The molecule has 0 aliphatic heterocycles. The molecule has 3 N–H and O–H groups in total. The number of rotatable bonds is 5. The van der Waals surface area contributed by atoms with E-state index in [0.717, 1.165) is 26.1 Å². The van der Waals surface area contributed by atoms with Crippen molar-refractivity contribution in [2.24, 2.45) is 5.73 Å². The van der Waals surface area contributed by atoms with Gasteiger partial charge in [-0.1, -0.05) is 18.7 Å². The Morgan fingerprint density at radius 1 is 1.24 bits per heavy atom. The number of carbonyl (C=O) groups excluding carboxylic acids is 1. The van der Waals surface area contributed by atoms with Gasteiger partial charge in [0.05, 0.1) is 0 Å². The molecule has 0 heterocycles. The zero-order valence-electron chi connectivity index (χ0n) is 10.6. The van der Waals surface area contributed by atoms with Gasteiger partial charge < -0.3 is 10.8 Å². The average molecular weight is 242 g/mol. The van der Waals surface area contributed by atoms with Crippen LogP contribution in [0.5, 0.6) is 0 Å². The summed E-state index contributed by atoms with van der Waals surface area (Å²) in [5.41, 5.74) is 4.53. The third-order valence-electron chi connectivity index (χ3n) is 1.08. The highest BCUT2D eigenvalue weighted by Gasteiger charge is 1.86. The number of carbonyl (C=O) groups is 2. The van der Waals surface area contributed by atoms with Gasteiger partial charge in [0.1, 0.15) is 0 Å². The van der Waals surface area contributed by atoms with E-state index >= 15 is 0 Å². The topological polar surface area (TPSA) is 83.6 Å². The number of carboxylic acids is 1. The van der Waals surface area contributed by atoms with Gasteiger partial charge in [0.25, 0.3) is 5.97 Å². The predicted molar refractivity (Wildman–Crippen MR) is 70.6 cm³/mol. The minimum Gasteiger partial charge on any atom is -0.481 e. The van der Waals surface area contributed by atoms with Crippen LogP contribution in [0.4, 0.5) is 0 Å². The Labute approximate surface area is 103 Å². The number of aliphatic carboxylic acids is 1. The normalized spacial score (nSPS) is 7.71. The second-order valence-corrected chi connectivity index (χ2v) is 2.92. The molecule has 0 aromatic rings. The fourth-order valence-electron chi connectivity index (χ4n) is 0.515. The zero-order valence-corrected chi connectivity index (χ0v) is 10.6. The van der Waals surface area contributed by atoms with Crippen molar-refractivity contribution in [3.8, 4) is 0 Å². The van der Waals surface area contributed by atoms with E-state index in [1.807, 2.05) is 19.2 Å². The fourth-order valence-corrected chi connectivity index (χ4v) is 0.515. The van der Waals surface area contributed by atoms with Crippen LogP contribution in [0.2, 0.25) is 0 Å². The van der Waals surface area contributed by atoms with Crippen LogP contribution in [0.1, 0.15) is 6.92 Å². The van der Waals surface area contributed by atoms with Gasteiger partial charge >= 0.3 is 0 Å². The van der Waals surface area contributed by atoms with Gasteiger partial charge in [-0.25, -0.2) is 0 Å². The molecule has 0 aromatic heterocycles. The number of carboxylic acid groups (broad SMARTS) is 1. The van der Waals surface area contributed by atoms with Crippen molar-refractivity contribution in [3.63, 3.8) is 0 Å². The van der Waals surface area contributed by atoms with Crippen LogP contribution >= 0.6 is 0 Å². The first-order valence-electron chi connectivity index (χ1n) is 4.83. The average Bonchev–Trinajstić information content (AvgIpc) is 2.18. The van der Waals surface area contributed by atoms with Gasteiger partial charge in [-0.2, -0.15) is 0 Å². The molecule has 0 saturated heterocycles. The number of amides is 1.